The van der Waals surface area contributed by atoms with Crippen molar-refractivity contribution in [1.29, 1.82) is 0 Å². The number of ether oxygens (including phenoxy) is 1. The molecule has 1 fully saturated rings. The van der Waals surface area contributed by atoms with Gasteiger partial charge in [0.1, 0.15) is 6.10 Å². The fourth-order valence-electron chi connectivity index (χ4n) is 1.54. The molecule has 4 heteroatoms. The number of thiophene rings is 1. The Morgan fingerprint density at radius 1 is 1.59 bits per heavy atom. The van der Waals surface area contributed by atoms with E-state index < -0.39 is 0 Å². The molecule has 1 atom stereocenters. The van der Waals surface area contributed by atoms with Gasteiger partial charge in [-0.05, 0) is 44.7 Å². The zero-order chi connectivity index (χ0) is 12.3. The second-order valence-electron chi connectivity index (χ2n) is 4.65. The number of amides is 1. The Labute approximate surface area is 106 Å². The molecule has 1 amide bonds. The molecular formula is C13H19NO2S. The largest absolute Gasteiger partial charge is 0.368 e. The first-order valence-corrected chi connectivity index (χ1v) is 6.91. The fourth-order valence-corrected chi connectivity index (χ4v) is 2.37. The summed E-state index contributed by atoms with van der Waals surface area (Å²) in [6.45, 7) is 5.22. The topological polar surface area (TPSA) is 38.3 Å². The molecular weight excluding hydrogens is 234 g/mol. The molecule has 1 aliphatic carbocycles. The summed E-state index contributed by atoms with van der Waals surface area (Å²) < 4.78 is 5.51. The smallest absolute Gasteiger partial charge is 0.249 e. The number of carbonyl (C=O) groups excluding carboxylic acids is 1. The average molecular weight is 253 g/mol. The van der Waals surface area contributed by atoms with Crippen LogP contribution in [0, 0.1) is 12.8 Å². The van der Waals surface area contributed by atoms with Gasteiger partial charge < -0.3 is 10.1 Å². The lowest BCUT2D eigenvalue weighted by Gasteiger charge is -2.12. The first-order chi connectivity index (χ1) is 8.15. The number of hydrogen-bond donors (Lipinski definition) is 1. The van der Waals surface area contributed by atoms with E-state index in [0.29, 0.717) is 12.5 Å². The Morgan fingerprint density at radius 2 is 2.35 bits per heavy atom. The minimum atomic E-state index is -0.336. The Morgan fingerprint density at radius 3 is 2.94 bits per heavy atom. The van der Waals surface area contributed by atoms with E-state index >= 15 is 0 Å². The summed E-state index contributed by atoms with van der Waals surface area (Å²) in [5, 5.41) is 2.90. The van der Waals surface area contributed by atoms with Gasteiger partial charge >= 0.3 is 0 Å². The summed E-state index contributed by atoms with van der Waals surface area (Å²) in [7, 11) is 0. The fraction of sp³-hybridized carbons (Fsp3) is 0.615. The predicted octanol–water partition coefficient (Wildman–Crippen LogP) is 2.49. The number of nitrogens with one attached hydrogen (secondary N) is 1. The molecule has 0 aromatic carbocycles. The second-order valence-corrected chi connectivity index (χ2v) is 6.02. The molecule has 2 rings (SSSR count). The van der Waals surface area contributed by atoms with Gasteiger partial charge in [0.2, 0.25) is 5.91 Å². The number of rotatable bonds is 6. The first-order valence-electron chi connectivity index (χ1n) is 6.10. The summed E-state index contributed by atoms with van der Waals surface area (Å²) in [5.41, 5.74) is 0. The molecule has 3 nitrogen and oxygen atoms in total. The van der Waals surface area contributed by atoms with Crippen LogP contribution in [-0.4, -0.2) is 18.6 Å². The molecule has 1 aliphatic rings. The van der Waals surface area contributed by atoms with E-state index in [2.05, 4.69) is 24.4 Å². The van der Waals surface area contributed by atoms with E-state index in [1.54, 1.807) is 11.3 Å². The van der Waals surface area contributed by atoms with Gasteiger partial charge in [0.15, 0.2) is 0 Å². The van der Waals surface area contributed by atoms with Crippen LogP contribution in [0.15, 0.2) is 12.1 Å². The van der Waals surface area contributed by atoms with E-state index in [0.717, 1.165) is 6.61 Å². The monoisotopic (exact) mass is 253 g/mol. The summed E-state index contributed by atoms with van der Waals surface area (Å²) in [6.07, 6.45) is 2.17. The van der Waals surface area contributed by atoms with Gasteiger partial charge in [0.25, 0.3) is 0 Å². The zero-order valence-corrected chi connectivity index (χ0v) is 11.2. The highest BCUT2D eigenvalue weighted by Gasteiger charge is 2.23. The van der Waals surface area contributed by atoms with Gasteiger partial charge in [0.05, 0.1) is 13.2 Å². The van der Waals surface area contributed by atoms with Crippen LogP contribution in [0.5, 0.6) is 0 Å². The third-order valence-electron chi connectivity index (χ3n) is 2.88. The molecule has 94 valence electrons. The molecule has 0 spiro atoms. The molecule has 0 saturated heterocycles. The van der Waals surface area contributed by atoms with Crippen molar-refractivity contribution in [3.63, 3.8) is 0 Å². The first kappa shape index (κ1) is 12.6. The second kappa shape index (κ2) is 5.65. The molecule has 0 radical (unpaired) electrons. The Hall–Kier alpha value is -0.870. The molecule has 1 aromatic rings. The summed E-state index contributed by atoms with van der Waals surface area (Å²) in [4.78, 5) is 14.2. The highest BCUT2D eigenvalue weighted by Crippen LogP contribution is 2.29. The van der Waals surface area contributed by atoms with Crippen molar-refractivity contribution in [2.24, 2.45) is 5.92 Å². The van der Waals surface area contributed by atoms with E-state index in [-0.39, 0.29) is 12.0 Å². The van der Waals surface area contributed by atoms with E-state index in [1.807, 2.05) is 6.92 Å². The minimum Gasteiger partial charge on any atom is -0.368 e. The van der Waals surface area contributed by atoms with Crippen molar-refractivity contribution < 1.29 is 9.53 Å². The summed E-state index contributed by atoms with van der Waals surface area (Å²) in [5.74, 6) is 0.682. The molecule has 1 N–H and O–H groups in total. The number of hydrogen-bond acceptors (Lipinski definition) is 3. The third-order valence-corrected chi connectivity index (χ3v) is 3.88. The standard InChI is InChI=1S/C13H19NO2S/c1-9-3-6-12(17-9)7-14-13(15)10(2)16-8-11-4-5-11/h3,6,10-11H,4-5,7-8H2,1-2H3,(H,14,15). The van der Waals surface area contributed by atoms with Gasteiger partial charge in [0, 0.05) is 9.75 Å². The van der Waals surface area contributed by atoms with Crippen LogP contribution in [0.4, 0.5) is 0 Å². The summed E-state index contributed by atoms with van der Waals surface area (Å²) in [6, 6.07) is 4.12. The predicted molar refractivity (Wildman–Crippen MR) is 69.0 cm³/mol. The number of carbonyl (C=O) groups is 1. The van der Waals surface area contributed by atoms with Gasteiger partial charge in [-0.15, -0.1) is 11.3 Å². The minimum absolute atomic E-state index is 0.0169. The van der Waals surface area contributed by atoms with Gasteiger partial charge in [-0.2, -0.15) is 0 Å². The molecule has 0 aliphatic heterocycles. The molecule has 17 heavy (non-hydrogen) atoms. The van der Waals surface area contributed by atoms with E-state index in [4.69, 9.17) is 4.74 Å². The molecule has 1 heterocycles. The van der Waals surface area contributed by atoms with Crippen molar-refractivity contribution in [2.45, 2.75) is 39.3 Å². The lowest BCUT2D eigenvalue weighted by atomic mass is 10.3. The molecule has 1 aromatic heterocycles. The number of aryl methyl sites for hydroxylation is 1. The lowest BCUT2D eigenvalue weighted by Crippen LogP contribution is -2.34. The van der Waals surface area contributed by atoms with Crippen LogP contribution in [0.2, 0.25) is 0 Å². The van der Waals surface area contributed by atoms with Gasteiger partial charge in [-0.25, -0.2) is 0 Å². The van der Waals surface area contributed by atoms with Crippen LogP contribution >= 0.6 is 11.3 Å². The Bertz CT molecular complexity index is 385. The van der Waals surface area contributed by atoms with Crippen molar-refractivity contribution in [3.8, 4) is 0 Å². The maximum atomic E-state index is 11.7. The summed E-state index contributed by atoms with van der Waals surface area (Å²) >= 11 is 1.71. The third kappa shape index (κ3) is 4.13. The highest BCUT2D eigenvalue weighted by molar-refractivity contribution is 7.11. The van der Waals surface area contributed by atoms with Gasteiger partial charge in [-0.1, -0.05) is 0 Å². The van der Waals surface area contributed by atoms with Gasteiger partial charge in [-0.3, -0.25) is 4.79 Å². The normalized spacial score (nSPS) is 16.8. The maximum Gasteiger partial charge on any atom is 0.249 e. The Balaban J connectivity index is 1.68. The molecule has 1 saturated carbocycles. The molecule has 0 bridgehead atoms. The van der Waals surface area contributed by atoms with Crippen LogP contribution < -0.4 is 5.32 Å². The van der Waals surface area contributed by atoms with Crippen molar-refractivity contribution >= 4 is 17.2 Å². The SMILES string of the molecule is Cc1ccc(CNC(=O)C(C)OCC2CC2)s1. The van der Waals surface area contributed by atoms with Crippen LogP contribution in [0.1, 0.15) is 29.5 Å². The molecule has 1 unspecified atom stereocenters. The van der Waals surface area contributed by atoms with Crippen LogP contribution in [-0.2, 0) is 16.1 Å². The van der Waals surface area contributed by atoms with Crippen LogP contribution in [0.3, 0.4) is 0 Å². The van der Waals surface area contributed by atoms with E-state index in [1.165, 1.54) is 22.6 Å². The highest BCUT2D eigenvalue weighted by atomic mass is 32.1. The average Bonchev–Trinajstić information content (AvgIpc) is 3.05. The lowest BCUT2D eigenvalue weighted by molar-refractivity contribution is -0.132. The maximum absolute atomic E-state index is 11.7. The van der Waals surface area contributed by atoms with Crippen molar-refractivity contribution in [1.82, 2.24) is 5.32 Å². The zero-order valence-electron chi connectivity index (χ0n) is 10.4. The Kier molecular flexibility index (Phi) is 4.18. The quantitative estimate of drug-likeness (QED) is 0.846. The van der Waals surface area contributed by atoms with E-state index in [9.17, 15) is 4.79 Å². The van der Waals surface area contributed by atoms with Crippen LogP contribution in [0.25, 0.3) is 0 Å². The van der Waals surface area contributed by atoms with Crippen molar-refractivity contribution in [2.75, 3.05) is 6.61 Å². The van der Waals surface area contributed by atoms with Crippen molar-refractivity contribution in [3.05, 3.63) is 21.9 Å².